The van der Waals surface area contributed by atoms with Crippen molar-refractivity contribution in [2.24, 2.45) is 0 Å². The number of nitrogens with zero attached hydrogens (tertiary/aromatic N) is 1. The average molecular weight is 381 g/mol. The molecule has 25 heavy (non-hydrogen) atoms. The largest absolute Gasteiger partial charge is 0.493 e. The van der Waals surface area contributed by atoms with Crippen molar-refractivity contribution >= 4 is 46.3 Å². The molecule has 1 heterocycles. The van der Waals surface area contributed by atoms with E-state index in [4.69, 9.17) is 26.8 Å². The molecule has 0 saturated carbocycles. The molecule has 1 fully saturated rings. The van der Waals surface area contributed by atoms with E-state index in [0.29, 0.717) is 32.9 Å². The molecule has 1 saturated heterocycles. The number of rotatable bonds is 8. The molecule has 0 atom stereocenters. The summed E-state index contributed by atoms with van der Waals surface area (Å²) in [7, 11) is 1.56. The maximum atomic E-state index is 12.5. The summed E-state index contributed by atoms with van der Waals surface area (Å²) in [5.41, 5.74) is 0.714. The Bertz CT molecular complexity index is 717. The highest BCUT2D eigenvalue weighted by molar-refractivity contribution is 8.26. The first-order valence-corrected chi connectivity index (χ1v) is 8.97. The standard InChI is InChI=1S/C17H19NO5S2/c1-3-9-23-15-11(5-4-6-12(15)22-2)10-13-16(21)18(17(24)25-13)8-7-14(19)20/h4-6,10H,3,7-9H2,1-2H3,(H,19,20). The molecule has 1 amide bonds. The molecular formula is C17H19NO5S2. The van der Waals surface area contributed by atoms with Crippen molar-refractivity contribution in [2.75, 3.05) is 20.3 Å². The van der Waals surface area contributed by atoms with Gasteiger partial charge in [0.05, 0.1) is 25.0 Å². The van der Waals surface area contributed by atoms with E-state index in [1.807, 2.05) is 19.1 Å². The van der Waals surface area contributed by atoms with Gasteiger partial charge in [0.2, 0.25) is 0 Å². The highest BCUT2D eigenvalue weighted by Gasteiger charge is 2.32. The smallest absolute Gasteiger partial charge is 0.305 e. The highest BCUT2D eigenvalue weighted by atomic mass is 32.2. The van der Waals surface area contributed by atoms with Gasteiger partial charge in [-0.3, -0.25) is 14.5 Å². The number of benzene rings is 1. The normalized spacial score (nSPS) is 15.8. The number of carbonyl (C=O) groups excluding carboxylic acids is 1. The topological polar surface area (TPSA) is 76.1 Å². The van der Waals surface area contributed by atoms with Gasteiger partial charge in [-0.05, 0) is 18.6 Å². The van der Waals surface area contributed by atoms with E-state index in [1.165, 1.54) is 4.90 Å². The maximum Gasteiger partial charge on any atom is 0.305 e. The van der Waals surface area contributed by atoms with E-state index >= 15 is 0 Å². The lowest BCUT2D eigenvalue weighted by Crippen LogP contribution is -2.30. The van der Waals surface area contributed by atoms with Crippen LogP contribution in [0.25, 0.3) is 6.08 Å². The number of methoxy groups -OCH3 is 1. The van der Waals surface area contributed by atoms with Gasteiger partial charge in [0, 0.05) is 12.1 Å². The van der Waals surface area contributed by atoms with Gasteiger partial charge in [0.25, 0.3) is 5.91 Å². The molecule has 0 bridgehead atoms. The lowest BCUT2D eigenvalue weighted by Gasteiger charge is -2.13. The van der Waals surface area contributed by atoms with Crippen LogP contribution in [0.5, 0.6) is 11.5 Å². The van der Waals surface area contributed by atoms with Gasteiger partial charge in [0.1, 0.15) is 4.32 Å². The summed E-state index contributed by atoms with van der Waals surface area (Å²) in [6.07, 6.45) is 2.39. The van der Waals surface area contributed by atoms with Crippen molar-refractivity contribution in [2.45, 2.75) is 19.8 Å². The molecule has 6 nitrogen and oxygen atoms in total. The third kappa shape index (κ3) is 4.73. The molecule has 134 valence electrons. The molecule has 1 aliphatic rings. The Kier molecular flexibility index (Phi) is 6.83. The van der Waals surface area contributed by atoms with Crippen molar-refractivity contribution in [1.29, 1.82) is 0 Å². The number of carboxylic acids is 1. The average Bonchev–Trinajstić information content (AvgIpc) is 2.85. The number of carbonyl (C=O) groups is 2. The zero-order valence-corrected chi connectivity index (χ0v) is 15.6. The second kappa shape index (κ2) is 8.87. The number of amides is 1. The van der Waals surface area contributed by atoms with Crippen LogP contribution >= 0.6 is 24.0 Å². The van der Waals surface area contributed by atoms with Gasteiger partial charge in [-0.1, -0.05) is 43.0 Å². The van der Waals surface area contributed by atoms with Crippen LogP contribution in [0.2, 0.25) is 0 Å². The molecule has 1 N–H and O–H groups in total. The van der Waals surface area contributed by atoms with Gasteiger partial charge in [-0.15, -0.1) is 0 Å². The number of carboxylic acid groups (broad SMARTS) is 1. The summed E-state index contributed by atoms with van der Waals surface area (Å²) in [5, 5.41) is 8.79. The zero-order valence-electron chi connectivity index (χ0n) is 14.0. The predicted molar refractivity (Wildman–Crippen MR) is 101 cm³/mol. The van der Waals surface area contributed by atoms with Gasteiger partial charge in [-0.2, -0.15) is 0 Å². The fourth-order valence-corrected chi connectivity index (χ4v) is 3.51. The molecule has 0 spiro atoms. The molecule has 0 aromatic heterocycles. The van der Waals surface area contributed by atoms with E-state index in [0.717, 1.165) is 18.2 Å². The first-order chi connectivity index (χ1) is 12.0. The Balaban J connectivity index is 2.29. The van der Waals surface area contributed by atoms with E-state index in [9.17, 15) is 9.59 Å². The summed E-state index contributed by atoms with van der Waals surface area (Å²) in [4.78, 5) is 25.0. The molecule has 1 aromatic rings. The molecule has 0 radical (unpaired) electrons. The Morgan fingerprint density at radius 3 is 2.84 bits per heavy atom. The summed E-state index contributed by atoms with van der Waals surface area (Å²) < 4.78 is 11.5. The van der Waals surface area contributed by atoms with Crippen molar-refractivity contribution in [3.63, 3.8) is 0 Å². The minimum atomic E-state index is -0.971. The number of para-hydroxylation sites is 1. The third-order valence-electron chi connectivity index (χ3n) is 3.39. The Morgan fingerprint density at radius 2 is 2.20 bits per heavy atom. The third-order valence-corrected chi connectivity index (χ3v) is 4.77. The first kappa shape index (κ1) is 19.3. The molecule has 2 rings (SSSR count). The SMILES string of the molecule is CCCOc1c(C=C2SC(=S)N(CCC(=O)O)C2=O)cccc1OC. The van der Waals surface area contributed by atoms with Crippen molar-refractivity contribution in [3.05, 3.63) is 28.7 Å². The number of hydrogen-bond acceptors (Lipinski definition) is 6. The Labute approximate surface area is 155 Å². The van der Waals surface area contributed by atoms with Gasteiger partial charge < -0.3 is 14.6 Å². The second-order valence-electron chi connectivity index (χ2n) is 5.20. The van der Waals surface area contributed by atoms with Crippen molar-refractivity contribution in [1.82, 2.24) is 4.90 Å². The number of thiocarbonyl (C=S) groups is 1. The molecule has 8 heteroatoms. The van der Waals surface area contributed by atoms with Crippen molar-refractivity contribution in [3.8, 4) is 11.5 Å². The Morgan fingerprint density at radius 1 is 1.44 bits per heavy atom. The number of hydrogen-bond donors (Lipinski definition) is 1. The van der Waals surface area contributed by atoms with Gasteiger partial charge in [0.15, 0.2) is 11.5 Å². The summed E-state index contributed by atoms with van der Waals surface area (Å²) in [6.45, 7) is 2.60. The van der Waals surface area contributed by atoms with Crippen LogP contribution in [-0.4, -0.2) is 46.5 Å². The minimum Gasteiger partial charge on any atom is -0.493 e. The summed E-state index contributed by atoms with van der Waals surface area (Å²) in [6, 6.07) is 5.44. The lowest BCUT2D eigenvalue weighted by molar-refractivity contribution is -0.137. The van der Waals surface area contributed by atoms with E-state index in [2.05, 4.69) is 0 Å². The lowest BCUT2D eigenvalue weighted by atomic mass is 10.1. The van der Waals surface area contributed by atoms with Crippen molar-refractivity contribution < 1.29 is 24.2 Å². The van der Waals surface area contributed by atoms with Crippen LogP contribution in [0.1, 0.15) is 25.3 Å². The van der Waals surface area contributed by atoms with E-state index < -0.39 is 5.97 Å². The highest BCUT2D eigenvalue weighted by Crippen LogP contribution is 2.37. The number of ether oxygens (including phenoxy) is 2. The number of aliphatic carboxylic acids is 1. The first-order valence-electron chi connectivity index (χ1n) is 7.74. The summed E-state index contributed by atoms with van der Waals surface area (Å²) >= 11 is 6.35. The van der Waals surface area contributed by atoms with Crippen LogP contribution in [0.3, 0.4) is 0 Å². The Hall–Kier alpha value is -2.06. The maximum absolute atomic E-state index is 12.5. The van der Waals surface area contributed by atoms with Crippen LogP contribution in [0.15, 0.2) is 23.1 Å². The molecule has 1 aliphatic heterocycles. The molecule has 1 aromatic carbocycles. The van der Waals surface area contributed by atoms with Crippen LogP contribution in [-0.2, 0) is 9.59 Å². The quantitative estimate of drug-likeness (QED) is 0.547. The van der Waals surface area contributed by atoms with Gasteiger partial charge >= 0.3 is 5.97 Å². The zero-order chi connectivity index (χ0) is 18.4. The monoisotopic (exact) mass is 381 g/mol. The fourth-order valence-electron chi connectivity index (χ4n) is 2.21. The van der Waals surface area contributed by atoms with E-state index in [-0.39, 0.29) is 18.9 Å². The van der Waals surface area contributed by atoms with Gasteiger partial charge in [-0.25, -0.2) is 0 Å². The predicted octanol–water partition coefficient (Wildman–Crippen LogP) is 3.16. The summed E-state index contributed by atoms with van der Waals surface area (Å²) in [5.74, 6) is -0.104. The van der Waals surface area contributed by atoms with Crippen LogP contribution in [0.4, 0.5) is 0 Å². The van der Waals surface area contributed by atoms with E-state index in [1.54, 1.807) is 19.3 Å². The second-order valence-corrected chi connectivity index (χ2v) is 6.88. The molecule has 0 aliphatic carbocycles. The molecular weight excluding hydrogens is 362 g/mol. The minimum absolute atomic E-state index is 0.0641. The number of thioether (sulfide) groups is 1. The fraction of sp³-hybridized carbons (Fsp3) is 0.353. The van der Waals surface area contributed by atoms with Crippen LogP contribution < -0.4 is 9.47 Å². The van der Waals surface area contributed by atoms with Crippen LogP contribution in [0, 0.1) is 0 Å². The molecule has 0 unspecified atom stereocenters.